The number of nitrogens with zero attached hydrogens (tertiary/aromatic N) is 4. The van der Waals surface area contributed by atoms with E-state index in [1.807, 2.05) is 11.8 Å². The second-order valence-corrected chi connectivity index (χ2v) is 5.42. The summed E-state index contributed by atoms with van der Waals surface area (Å²) in [4.78, 5) is 46.3. The summed E-state index contributed by atoms with van der Waals surface area (Å²) in [5, 5.41) is 4.97. The highest BCUT2D eigenvalue weighted by atomic mass is 16.2. The summed E-state index contributed by atoms with van der Waals surface area (Å²) < 4.78 is 0. The van der Waals surface area contributed by atoms with E-state index in [0.29, 0.717) is 12.4 Å². The lowest BCUT2D eigenvalue weighted by molar-refractivity contribution is -0.136. The van der Waals surface area contributed by atoms with Crippen molar-refractivity contribution in [3.63, 3.8) is 0 Å². The molecular formula is C13H16N6O3. The average molecular weight is 304 g/mol. The second-order valence-electron chi connectivity index (χ2n) is 5.42. The molecule has 3 rings (SSSR count). The molecule has 0 aliphatic carbocycles. The van der Waals surface area contributed by atoms with E-state index in [1.54, 1.807) is 11.1 Å². The van der Waals surface area contributed by atoms with Crippen LogP contribution in [-0.4, -0.2) is 64.8 Å². The number of carbonyl (C=O) groups excluding carboxylic acids is 3. The lowest BCUT2D eigenvalue weighted by atomic mass is 10.2. The fourth-order valence-electron chi connectivity index (χ4n) is 2.73. The molecule has 3 heterocycles. The molecule has 1 unspecified atom stereocenters. The van der Waals surface area contributed by atoms with Crippen LogP contribution in [0.5, 0.6) is 0 Å². The molecule has 0 spiro atoms. The van der Waals surface area contributed by atoms with Crippen LogP contribution in [0.2, 0.25) is 0 Å². The number of hydrogen-bond donors (Lipinski definition) is 2. The molecule has 2 aliphatic rings. The summed E-state index contributed by atoms with van der Waals surface area (Å²) in [6, 6.07) is -0.0745. The Balaban J connectivity index is 1.75. The number of anilines is 2. The molecular weight excluding hydrogens is 288 g/mol. The van der Waals surface area contributed by atoms with Gasteiger partial charge in [0.2, 0.25) is 17.7 Å². The molecule has 2 aliphatic heterocycles. The van der Waals surface area contributed by atoms with Crippen molar-refractivity contribution in [2.75, 3.05) is 36.4 Å². The summed E-state index contributed by atoms with van der Waals surface area (Å²) >= 11 is 0. The van der Waals surface area contributed by atoms with E-state index in [4.69, 9.17) is 0 Å². The third kappa shape index (κ3) is 2.89. The number of piperazine rings is 1. The van der Waals surface area contributed by atoms with Crippen molar-refractivity contribution in [3.8, 4) is 0 Å². The predicted molar refractivity (Wildman–Crippen MR) is 77.1 cm³/mol. The number of rotatable bonds is 3. The van der Waals surface area contributed by atoms with E-state index in [9.17, 15) is 14.4 Å². The maximum atomic E-state index is 11.8. The monoisotopic (exact) mass is 304 g/mol. The van der Waals surface area contributed by atoms with Gasteiger partial charge in [-0.1, -0.05) is 0 Å². The Labute approximate surface area is 126 Å². The first-order valence-corrected chi connectivity index (χ1v) is 6.94. The maximum absolute atomic E-state index is 11.8. The standard InChI is InChI=1S/C13H16N6O3/c1-8(3-18-4-10(20)16-11(21)5-18)19-6-12(22)17-13-9(19)2-14-7-15-13/h2,7-8H,3-6H2,1H3,(H,16,20,21)(H,14,15,17,22). The van der Waals surface area contributed by atoms with E-state index < -0.39 is 0 Å². The van der Waals surface area contributed by atoms with Crippen LogP contribution in [0.4, 0.5) is 11.5 Å². The van der Waals surface area contributed by atoms with Crippen LogP contribution in [0.15, 0.2) is 12.5 Å². The fourth-order valence-corrected chi connectivity index (χ4v) is 2.73. The van der Waals surface area contributed by atoms with Gasteiger partial charge in [0.25, 0.3) is 0 Å². The Morgan fingerprint density at radius 2 is 1.82 bits per heavy atom. The first-order chi connectivity index (χ1) is 10.5. The number of hydrogen-bond acceptors (Lipinski definition) is 7. The Hall–Kier alpha value is -2.55. The Kier molecular flexibility index (Phi) is 3.72. The van der Waals surface area contributed by atoms with Crippen molar-refractivity contribution in [1.29, 1.82) is 0 Å². The zero-order chi connectivity index (χ0) is 15.7. The summed E-state index contributed by atoms with van der Waals surface area (Å²) in [5.41, 5.74) is 0.738. The van der Waals surface area contributed by atoms with Gasteiger partial charge in [-0.3, -0.25) is 24.6 Å². The third-order valence-corrected chi connectivity index (χ3v) is 3.64. The van der Waals surface area contributed by atoms with E-state index in [-0.39, 0.29) is 43.4 Å². The second kappa shape index (κ2) is 5.68. The van der Waals surface area contributed by atoms with Gasteiger partial charge < -0.3 is 10.2 Å². The van der Waals surface area contributed by atoms with E-state index in [2.05, 4.69) is 20.6 Å². The van der Waals surface area contributed by atoms with Gasteiger partial charge in [-0.05, 0) is 6.92 Å². The van der Waals surface area contributed by atoms with Gasteiger partial charge in [0.05, 0.1) is 31.5 Å². The fraction of sp³-hybridized carbons (Fsp3) is 0.462. The van der Waals surface area contributed by atoms with Crippen LogP contribution in [0, 0.1) is 0 Å². The normalized spacial score (nSPS) is 20.2. The van der Waals surface area contributed by atoms with Crippen molar-refractivity contribution in [1.82, 2.24) is 20.2 Å². The first-order valence-electron chi connectivity index (χ1n) is 6.94. The zero-order valence-electron chi connectivity index (χ0n) is 12.1. The van der Waals surface area contributed by atoms with Gasteiger partial charge in [0, 0.05) is 12.6 Å². The largest absolute Gasteiger partial charge is 0.354 e. The van der Waals surface area contributed by atoms with Gasteiger partial charge in [0.15, 0.2) is 5.82 Å². The number of imide groups is 1. The summed E-state index contributed by atoms with van der Waals surface area (Å²) in [5.74, 6) is -0.275. The van der Waals surface area contributed by atoms with Crippen LogP contribution in [0.25, 0.3) is 0 Å². The van der Waals surface area contributed by atoms with Gasteiger partial charge in [-0.15, -0.1) is 0 Å². The molecule has 1 fully saturated rings. The molecule has 0 radical (unpaired) electrons. The Morgan fingerprint density at radius 3 is 2.55 bits per heavy atom. The van der Waals surface area contributed by atoms with Crippen molar-refractivity contribution in [2.45, 2.75) is 13.0 Å². The average Bonchev–Trinajstić information content (AvgIpc) is 2.45. The third-order valence-electron chi connectivity index (χ3n) is 3.64. The smallest absolute Gasteiger partial charge is 0.245 e. The molecule has 0 aromatic carbocycles. The molecule has 3 amide bonds. The SMILES string of the molecule is CC(CN1CC(=O)NC(=O)C1)N1CC(=O)Nc2ncncc21. The van der Waals surface area contributed by atoms with Gasteiger partial charge in [-0.2, -0.15) is 0 Å². The van der Waals surface area contributed by atoms with E-state index >= 15 is 0 Å². The summed E-state index contributed by atoms with van der Waals surface area (Å²) in [6.07, 6.45) is 3.02. The van der Waals surface area contributed by atoms with Crippen LogP contribution >= 0.6 is 0 Å². The molecule has 2 N–H and O–H groups in total. The number of amides is 3. The summed E-state index contributed by atoms with van der Waals surface area (Å²) in [6.45, 7) is 2.96. The highest BCUT2D eigenvalue weighted by Gasteiger charge is 2.30. The molecule has 116 valence electrons. The highest BCUT2D eigenvalue weighted by molar-refractivity contribution is 6.00. The van der Waals surface area contributed by atoms with Gasteiger partial charge in [0.1, 0.15) is 6.33 Å². The highest BCUT2D eigenvalue weighted by Crippen LogP contribution is 2.27. The van der Waals surface area contributed by atoms with Crippen LogP contribution in [0.3, 0.4) is 0 Å². The molecule has 0 saturated carbocycles. The van der Waals surface area contributed by atoms with Crippen LogP contribution in [0.1, 0.15) is 6.92 Å². The molecule has 0 bridgehead atoms. The quantitative estimate of drug-likeness (QED) is 0.660. The predicted octanol–water partition coefficient (Wildman–Crippen LogP) is -1.42. The minimum Gasteiger partial charge on any atom is -0.354 e. The maximum Gasteiger partial charge on any atom is 0.245 e. The minimum absolute atomic E-state index is 0.0745. The molecule has 22 heavy (non-hydrogen) atoms. The Morgan fingerprint density at radius 1 is 1.14 bits per heavy atom. The molecule has 9 nitrogen and oxygen atoms in total. The van der Waals surface area contributed by atoms with Gasteiger partial charge in [-0.25, -0.2) is 9.97 Å². The number of nitrogens with one attached hydrogen (secondary N) is 2. The number of carbonyl (C=O) groups is 3. The van der Waals surface area contributed by atoms with Crippen molar-refractivity contribution in [2.24, 2.45) is 0 Å². The number of fused-ring (bicyclic) bond motifs is 1. The van der Waals surface area contributed by atoms with E-state index in [0.717, 1.165) is 5.69 Å². The van der Waals surface area contributed by atoms with Crippen molar-refractivity contribution in [3.05, 3.63) is 12.5 Å². The first kappa shape index (κ1) is 14.4. The topological polar surface area (TPSA) is 108 Å². The molecule has 1 saturated heterocycles. The lowest BCUT2D eigenvalue weighted by Gasteiger charge is -2.37. The minimum atomic E-state index is -0.302. The molecule has 1 aromatic rings. The van der Waals surface area contributed by atoms with Gasteiger partial charge >= 0.3 is 0 Å². The summed E-state index contributed by atoms with van der Waals surface area (Å²) in [7, 11) is 0. The van der Waals surface area contributed by atoms with Crippen molar-refractivity contribution >= 4 is 29.2 Å². The zero-order valence-corrected chi connectivity index (χ0v) is 12.1. The van der Waals surface area contributed by atoms with E-state index in [1.165, 1.54) is 6.33 Å². The number of aromatic nitrogens is 2. The Bertz CT molecular complexity index is 618. The lowest BCUT2D eigenvalue weighted by Crippen LogP contribution is -2.55. The van der Waals surface area contributed by atoms with Crippen LogP contribution in [-0.2, 0) is 14.4 Å². The van der Waals surface area contributed by atoms with Crippen molar-refractivity contribution < 1.29 is 14.4 Å². The van der Waals surface area contributed by atoms with Crippen LogP contribution < -0.4 is 15.5 Å². The molecule has 1 aromatic heterocycles. The molecule has 9 heteroatoms. The molecule has 1 atom stereocenters.